The molecule has 6 nitrogen and oxygen atoms in total. The lowest BCUT2D eigenvalue weighted by molar-refractivity contribution is 0.735. The van der Waals surface area contributed by atoms with Gasteiger partial charge >= 0.3 is 0 Å². The van der Waals surface area contributed by atoms with Gasteiger partial charge in [-0.05, 0) is 24.8 Å². The fourth-order valence-corrected chi connectivity index (χ4v) is 2.15. The zero-order valence-corrected chi connectivity index (χ0v) is 14.9. The first-order chi connectivity index (χ1) is 10.4. The number of hydrogen-bond acceptors (Lipinski definition) is 3. The van der Waals surface area contributed by atoms with E-state index in [4.69, 9.17) is 0 Å². The summed E-state index contributed by atoms with van der Waals surface area (Å²) in [5, 5.41) is 6.69. The summed E-state index contributed by atoms with van der Waals surface area (Å²) in [5.74, 6) is 2.55. The van der Waals surface area contributed by atoms with Crippen LogP contribution >= 0.6 is 24.0 Å². The van der Waals surface area contributed by atoms with Gasteiger partial charge in [0.2, 0.25) is 0 Å². The van der Waals surface area contributed by atoms with Crippen LogP contribution in [-0.4, -0.2) is 34.1 Å². The summed E-state index contributed by atoms with van der Waals surface area (Å²) in [5.41, 5.74) is 1.10. The second-order valence-electron chi connectivity index (χ2n) is 5.21. The molecule has 1 aliphatic carbocycles. The van der Waals surface area contributed by atoms with Crippen LogP contribution in [0.5, 0.6) is 0 Å². The molecule has 2 N–H and O–H groups in total. The molecular weight excluding hydrogens is 391 g/mol. The maximum absolute atomic E-state index is 4.43. The first-order valence-corrected chi connectivity index (χ1v) is 7.23. The molecule has 1 aliphatic rings. The first kappa shape index (κ1) is 16.7. The highest BCUT2D eigenvalue weighted by Crippen LogP contribution is 2.27. The highest BCUT2D eigenvalue weighted by Gasteiger charge is 2.21. The number of aromatic nitrogens is 3. The van der Waals surface area contributed by atoms with Crippen molar-refractivity contribution >= 4 is 29.9 Å². The third kappa shape index (κ3) is 4.43. The number of halogens is 1. The lowest BCUT2D eigenvalue weighted by Gasteiger charge is -2.13. The fraction of sp³-hybridized carbons (Fsp3) is 0.400. The van der Waals surface area contributed by atoms with Gasteiger partial charge in [-0.15, -0.1) is 24.0 Å². The van der Waals surface area contributed by atoms with Gasteiger partial charge in [0.25, 0.3) is 0 Å². The van der Waals surface area contributed by atoms with E-state index in [1.165, 1.54) is 12.8 Å². The van der Waals surface area contributed by atoms with E-state index < -0.39 is 0 Å². The Morgan fingerprint density at radius 1 is 1.36 bits per heavy atom. The number of pyridine rings is 1. The quantitative estimate of drug-likeness (QED) is 0.448. The zero-order valence-electron chi connectivity index (χ0n) is 12.6. The normalized spacial score (nSPS) is 14.3. The molecule has 3 rings (SSSR count). The van der Waals surface area contributed by atoms with Crippen LogP contribution in [0.25, 0.3) is 5.82 Å². The molecule has 0 saturated heterocycles. The first-order valence-electron chi connectivity index (χ1n) is 7.23. The van der Waals surface area contributed by atoms with Crippen molar-refractivity contribution in [2.75, 3.05) is 13.6 Å². The van der Waals surface area contributed by atoms with Crippen LogP contribution in [0, 0.1) is 5.92 Å². The summed E-state index contributed by atoms with van der Waals surface area (Å²) >= 11 is 0. The molecule has 118 valence electrons. The van der Waals surface area contributed by atoms with E-state index in [9.17, 15) is 0 Å². The van der Waals surface area contributed by atoms with Crippen molar-refractivity contribution in [2.24, 2.45) is 10.9 Å². The van der Waals surface area contributed by atoms with Crippen molar-refractivity contribution in [2.45, 2.75) is 19.4 Å². The zero-order chi connectivity index (χ0) is 14.5. The molecule has 1 saturated carbocycles. The standard InChI is InChI=1S/C15H20N6.HI/c1-16-15(19-9-12-4-5-12)20-10-13-3-2-6-18-14(13)21-8-7-17-11-21;/h2-3,6-8,11-12H,4-5,9-10H2,1H3,(H2,16,19,20);1H. The van der Waals surface area contributed by atoms with Crippen LogP contribution in [0.2, 0.25) is 0 Å². The minimum Gasteiger partial charge on any atom is -0.356 e. The van der Waals surface area contributed by atoms with Crippen LogP contribution in [0.4, 0.5) is 0 Å². The molecule has 0 bridgehead atoms. The van der Waals surface area contributed by atoms with E-state index in [1.807, 2.05) is 16.8 Å². The number of guanidine groups is 1. The molecule has 2 aromatic rings. The average Bonchev–Trinajstić information content (AvgIpc) is 3.19. The third-order valence-corrected chi connectivity index (χ3v) is 3.54. The molecule has 0 radical (unpaired) electrons. The summed E-state index contributed by atoms with van der Waals surface area (Å²) in [6.07, 6.45) is 9.85. The van der Waals surface area contributed by atoms with Gasteiger partial charge in [-0.25, -0.2) is 9.97 Å². The van der Waals surface area contributed by atoms with E-state index in [-0.39, 0.29) is 24.0 Å². The third-order valence-electron chi connectivity index (χ3n) is 3.54. The van der Waals surface area contributed by atoms with Crippen LogP contribution in [0.15, 0.2) is 42.0 Å². The largest absolute Gasteiger partial charge is 0.356 e. The van der Waals surface area contributed by atoms with Crippen LogP contribution in [-0.2, 0) is 6.54 Å². The van der Waals surface area contributed by atoms with Gasteiger partial charge in [-0.3, -0.25) is 9.56 Å². The Kier molecular flexibility index (Phi) is 6.17. The summed E-state index contributed by atoms with van der Waals surface area (Å²) in [6, 6.07) is 4.00. The predicted molar refractivity (Wildman–Crippen MR) is 97.7 cm³/mol. The number of nitrogens with zero attached hydrogens (tertiary/aromatic N) is 4. The van der Waals surface area contributed by atoms with Gasteiger partial charge in [-0.1, -0.05) is 6.07 Å². The Balaban J connectivity index is 0.00000176. The number of imidazole rings is 1. The summed E-state index contributed by atoms with van der Waals surface area (Å²) < 4.78 is 1.91. The molecule has 1 fully saturated rings. The molecule has 2 aromatic heterocycles. The Morgan fingerprint density at radius 3 is 2.91 bits per heavy atom. The van der Waals surface area contributed by atoms with Crippen molar-refractivity contribution in [3.8, 4) is 5.82 Å². The molecule has 0 spiro atoms. The van der Waals surface area contributed by atoms with E-state index in [1.54, 1.807) is 25.8 Å². The van der Waals surface area contributed by atoms with Crippen LogP contribution in [0.3, 0.4) is 0 Å². The van der Waals surface area contributed by atoms with Crippen molar-refractivity contribution in [3.63, 3.8) is 0 Å². The van der Waals surface area contributed by atoms with Gasteiger partial charge < -0.3 is 10.6 Å². The van der Waals surface area contributed by atoms with Crippen molar-refractivity contribution in [1.29, 1.82) is 0 Å². The lowest BCUT2D eigenvalue weighted by atomic mass is 10.2. The SMILES string of the molecule is CN=C(NCc1cccnc1-n1ccnc1)NCC1CC1.I. The topological polar surface area (TPSA) is 67.1 Å². The second kappa shape index (κ2) is 8.11. The summed E-state index contributed by atoms with van der Waals surface area (Å²) in [6.45, 7) is 1.67. The van der Waals surface area contributed by atoms with Crippen LogP contribution < -0.4 is 10.6 Å². The van der Waals surface area contributed by atoms with Crippen molar-refractivity contribution in [1.82, 2.24) is 25.2 Å². The highest BCUT2D eigenvalue weighted by atomic mass is 127. The predicted octanol–water partition coefficient (Wildman–Crippen LogP) is 1.96. The maximum Gasteiger partial charge on any atom is 0.191 e. The van der Waals surface area contributed by atoms with Gasteiger partial charge in [0, 0.05) is 44.3 Å². The monoisotopic (exact) mass is 412 g/mol. The number of rotatable bonds is 5. The van der Waals surface area contributed by atoms with Gasteiger partial charge in [-0.2, -0.15) is 0 Å². The number of aliphatic imine (C=N–C) groups is 1. The Bertz CT molecular complexity index is 606. The molecule has 2 heterocycles. The molecule has 7 heteroatoms. The fourth-order valence-electron chi connectivity index (χ4n) is 2.15. The van der Waals surface area contributed by atoms with Crippen molar-refractivity contribution in [3.05, 3.63) is 42.6 Å². The Labute approximate surface area is 147 Å². The molecule has 0 atom stereocenters. The number of hydrogen-bond donors (Lipinski definition) is 2. The second-order valence-corrected chi connectivity index (χ2v) is 5.21. The van der Waals surface area contributed by atoms with Gasteiger partial charge in [0.15, 0.2) is 5.96 Å². The Hall–Kier alpha value is -1.64. The molecule has 22 heavy (non-hydrogen) atoms. The average molecular weight is 412 g/mol. The van der Waals surface area contributed by atoms with Gasteiger partial charge in [0.05, 0.1) is 0 Å². The molecular formula is C15H21IN6. The summed E-state index contributed by atoms with van der Waals surface area (Å²) in [7, 11) is 1.79. The maximum atomic E-state index is 4.43. The van der Waals surface area contributed by atoms with Gasteiger partial charge in [0.1, 0.15) is 12.1 Å². The van der Waals surface area contributed by atoms with E-state index in [0.29, 0.717) is 6.54 Å². The molecule has 0 unspecified atom stereocenters. The van der Waals surface area contributed by atoms with E-state index in [2.05, 4.69) is 31.7 Å². The van der Waals surface area contributed by atoms with Crippen molar-refractivity contribution < 1.29 is 0 Å². The van der Waals surface area contributed by atoms with E-state index >= 15 is 0 Å². The molecule has 0 aromatic carbocycles. The van der Waals surface area contributed by atoms with Crippen LogP contribution in [0.1, 0.15) is 18.4 Å². The lowest BCUT2D eigenvalue weighted by Crippen LogP contribution is -2.38. The number of nitrogens with one attached hydrogen (secondary N) is 2. The highest BCUT2D eigenvalue weighted by molar-refractivity contribution is 14.0. The smallest absolute Gasteiger partial charge is 0.191 e. The molecule has 0 amide bonds. The van der Waals surface area contributed by atoms with E-state index in [0.717, 1.165) is 29.8 Å². The molecule has 0 aliphatic heterocycles. The minimum atomic E-state index is 0. The Morgan fingerprint density at radius 2 is 2.23 bits per heavy atom. The minimum absolute atomic E-state index is 0. The summed E-state index contributed by atoms with van der Waals surface area (Å²) in [4.78, 5) is 12.8.